The van der Waals surface area contributed by atoms with Crippen LogP contribution in [0.5, 0.6) is 11.8 Å². The van der Waals surface area contributed by atoms with Crippen LogP contribution in [0.2, 0.25) is 0 Å². The molecule has 5 rings (SSSR count). The van der Waals surface area contributed by atoms with Crippen LogP contribution in [0.3, 0.4) is 0 Å². The molecule has 0 bridgehead atoms. The fourth-order valence-electron chi connectivity index (χ4n) is 3.37. The van der Waals surface area contributed by atoms with Gasteiger partial charge >= 0.3 is 18.0 Å². The lowest BCUT2D eigenvalue weighted by Gasteiger charge is -2.17. The van der Waals surface area contributed by atoms with E-state index < -0.39 is 12.0 Å². The molecule has 0 radical (unpaired) electrons. The van der Waals surface area contributed by atoms with Gasteiger partial charge in [0.05, 0.1) is 16.7 Å². The molecule has 1 amide bonds. The van der Waals surface area contributed by atoms with E-state index in [0.29, 0.717) is 22.7 Å². The summed E-state index contributed by atoms with van der Waals surface area (Å²) in [6.45, 7) is -0.0869. The fourth-order valence-corrected chi connectivity index (χ4v) is 3.72. The van der Waals surface area contributed by atoms with E-state index >= 15 is 0 Å². The molecule has 0 saturated heterocycles. The molecule has 14 heteroatoms. The van der Waals surface area contributed by atoms with Crippen molar-refractivity contribution in [2.75, 3.05) is 5.32 Å². The normalized spacial score (nSPS) is 11.5. The number of imidazole rings is 1. The first-order valence-electron chi connectivity index (χ1n) is 10.7. The van der Waals surface area contributed by atoms with Crippen LogP contribution < -0.4 is 14.8 Å². The zero-order valence-corrected chi connectivity index (χ0v) is 20.6. The number of hydrogen-bond donors (Lipinski definition) is 1. The van der Waals surface area contributed by atoms with Crippen molar-refractivity contribution < 1.29 is 23.0 Å². The summed E-state index contributed by atoms with van der Waals surface area (Å²) < 4.78 is 42.9. The number of fused-ring (bicyclic) bond motifs is 1. The van der Waals surface area contributed by atoms with Gasteiger partial charge in [0.15, 0.2) is 0 Å². The molecule has 0 aliphatic heterocycles. The van der Waals surface area contributed by atoms with Gasteiger partial charge in [-0.15, -0.1) is 0 Å². The number of alkyl halides is 2. The highest BCUT2D eigenvalue weighted by atomic mass is 79.9. The number of benzene rings is 2. The van der Waals surface area contributed by atoms with Gasteiger partial charge in [0.2, 0.25) is 0 Å². The second-order valence-electron chi connectivity index (χ2n) is 7.65. The summed E-state index contributed by atoms with van der Waals surface area (Å²) in [5.41, 5.74) is 1.67. The van der Waals surface area contributed by atoms with Crippen molar-refractivity contribution in [3.63, 3.8) is 0 Å². The molecule has 0 fully saturated rings. The number of anilines is 1. The SMILES string of the molecule is Cn1nnnc1-n1c(OCc2cccc(NC(=O)C(F)(F)Oc3ccccc3)n2)nc2ccc(Br)cc21. The monoisotopic (exact) mass is 570 g/mol. The lowest BCUT2D eigenvalue weighted by Crippen LogP contribution is -2.40. The van der Waals surface area contributed by atoms with Gasteiger partial charge in [0, 0.05) is 11.5 Å². The second kappa shape index (κ2) is 9.89. The number of carbonyl (C=O) groups excluding carboxylic acids is 1. The molecule has 0 unspecified atom stereocenters. The summed E-state index contributed by atoms with van der Waals surface area (Å²) in [7, 11) is 1.67. The first-order chi connectivity index (χ1) is 17.8. The Kier molecular flexibility index (Phi) is 6.48. The van der Waals surface area contributed by atoms with Crippen molar-refractivity contribution in [1.82, 2.24) is 34.7 Å². The molecule has 0 atom stereocenters. The number of nitrogens with zero attached hydrogens (tertiary/aromatic N) is 7. The molecule has 0 saturated carbocycles. The van der Waals surface area contributed by atoms with E-state index in [4.69, 9.17) is 4.74 Å². The smallest absolute Gasteiger partial charge is 0.458 e. The molecule has 0 spiro atoms. The Balaban J connectivity index is 1.34. The number of aromatic nitrogens is 7. The van der Waals surface area contributed by atoms with E-state index in [1.54, 1.807) is 35.9 Å². The van der Waals surface area contributed by atoms with Crippen LogP contribution in [-0.4, -0.2) is 46.8 Å². The molecule has 0 aliphatic rings. The van der Waals surface area contributed by atoms with E-state index in [1.807, 2.05) is 12.1 Å². The maximum absolute atomic E-state index is 14.3. The number of pyridine rings is 1. The van der Waals surface area contributed by atoms with Crippen LogP contribution in [0.4, 0.5) is 14.6 Å². The van der Waals surface area contributed by atoms with E-state index in [-0.39, 0.29) is 24.2 Å². The molecule has 1 N–H and O–H groups in total. The first kappa shape index (κ1) is 24.2. The van der Waals surface area contributed by atoms with Crippen LogP contribution in [-0.2, 0) is 18.4 Å². The average molecular weight is 571 g/mol. The second-order valence-corrected chi connectivity index (χ2v) is 8.57. The van der Waals surface area contributed by atoms with Gasteiger partial charge in [-0.3, -0.25) is 4.79 Å². The number of halogens is 3. The highest BCUT2D eigenvalue weighted by Gasteiger charge is 2.42. The number of ether oxygens (including phenoxy) is 2. The highest BCUT2D eigenvalue weighted by molar-refractivity contribution is 9.10. The summed E-state index contributed by atoms with van der Waals surface area (Å²) >= 11 is 3.45. The molecule has 37 heavy (non-hydrogen) atoms. The number of hydrogen-bond acceptors (Lipinski definition) is 8. The van der Waals surface area contributed by atoms with Crippen molar-refractivity contribution in [2.45, 2.75) is 12.7 Å². The van der Waals surface area contributed by atoms with Crippen LogP contribution >= 0.6 is 15.9 Å². The van der Waals surface area contributed by atoms with Gasteiger partial charge in [-0.2, -0.15) is 13.8 Å². The lowest BCUT2D eigenvalue weighted by atomic mass is 10.3. The quantitative estimate of drug-likeness (QED) is 0.298. The van der Waals surface area contributed by atoms with Crippen LogP contribution in [0, 0.1) is 0 Å². The van der Waals surface area contributed by atoms with Crippen LogP contribution in [0.15, 0.2) is 71.2 Å². The summed E-state index contributed by atoms with van der Waals surface area (Å²) in [6.07, 6.45) is -4.11. The Morgan fingerprint density at radius 1 is 1.08 bits per heavy atom. The Hall–Kier alpha value is -4.46. The van der Waals surface area contributed by atoms with E-state index in [9.17, 15) is 13.6 Å². The Morgan fingerprint density at radius 3 is 2.65 bits per heavy atom. The van der Waals surface area contributed by atoms with Crippen molar-refractivity contribution in [1.29, 1.82) is 0 Å². The molecule has 0 aliphatic carbocycles. The minimum atomic E-state index is -4.11. The predicted molar refractivity (Wildman–Crippen MR) is 130 cm³/mol. The van der Waals surface area contributed by atoms with Gasteiger partial charge < -0.3 is 14.8 Å². The summed E-state index contributed by atoms with van der Waals surface area (Å²) in [6, 6.07) is 17.5. The van der Waals surface area contributed by atoms with Crippen molar-refractivity contribution >= 4 is 38.7 Å². The number of rotatable bonds is 8. The molecular formula is C23H17BrF2N8O3. The summed E-state index contributed by atoms with van der Waals surface area (Å²) in [5.74, 6) is -1.54. The highest BCUT2D eigenvalue weighted by Crippen LogP contribution is 2.28. The van der Waals surface area contributed by atoms with E-state index in [1.165, 1.54) is 35.0 Å². The molecular weight excluding hydrogens is 554 g/mol. The van der Waals surface area contributed by atoms with Crippen molar-refractivity contribution in [3.05, 3.63) is 76.9 Å². The number of para-hydroxylation sites is 1. The maximum atomic E-state index is 14.3. The Labute approximate surface area is 216 Å². The van der Waals surface area contributed by atoms with E-state index in [0.717, 1.165) is 4.47 Å². The van der Waals surface area contributed by atoms with Crippen LogP contribution in [0.25, 0.3) is 17.0 Å². The molecule has 3 heterocycles. The standard InChI is InChI=1S/C23H17BrF2N8O3/c1-33-21(30-31-32-33)34-18-12-14(24)10-11-17(18)28-22(34)36-13-15-6-5-9-19(27-15)29-20(35)23(25,26)37-16-7-3-2-4-8-16/h2-12H,13H2,1H3,(H,27,29,35). The Morgan fingerprint density at radius 2 is 1.89 bits per heavy atom. The van der Waals surface area contributed by atoms with Gasteiger partial charge in [-0.1, -0.05) is 45.3 Å². The first-order valence-corrected chi connectivity index (χ1v) is 11.5. The van der Waals surface area contributed by atoms with Crippen molar-refractivity contribution in [2.24, 2.45) is 7.05 Å². The van der Waals surface area contributed by atoms with Gasteiger partial charge in [0.1, 0.15) is 18.2 Å². The maximum Gasteiger partial charge on any atom is 0.482 e. The molecule has 5 aromatic rings. The van der Waals surface area contributed by atoms with Gasteiger partial charge in [-0.05, 0) is 52.9 Å². The number of carbonyl (C=O) groups is 1. The molecule has 188 valence electrons. The minimum absolute atomic E-state index is 0.0869. The molecule has 2 aromatic carbocycles. The van der Waals surface area contributed by atoms with Crippen LogP contribution in [0.1, 0.15) is 5.69 Å². The third kappa shape index (κ3) is 5.23. The third-order valence-electron chi connectivity index (χ3n) is 5.03. The predicted octanol–water partition coefficient (Wildman–Crippen LogP) is 3.90. The number of aryl methyl sites for hydroxylation is 1. The summed E-state index contributed by atoms with van der Waals surface area (Å²) in [4.78, 5) is 20.9. The summed E-state index contributed by atoms with van der Waals surface area (Å²) in [5, 5.41) is 13.6. The minimum Gasteiger partial charge on any atom is -0.458 e. The number of nitrogens with one attached hydrogen (secondary N) is 1. The lowest BCUT2D eigenvalue weighted by molar-refractivity contribution is -0.187. The van der Waals surface area contributed by atoms with Gasteiger partial charge in [-0.25, -0.2) is 14.2 Å². The molecule has 11 nitrogen and oxygen atoms in total. The number of tetrazole rings is 1. The van der Waals surface area contributed by atoms with Crippen molar-refractivity contribution in [3.8, 4) is 17.7 Å². The zero-order chi connectivity index (χ0) is 26.0. The fraction of sp³-hybridized carbons (Fsp3) is 0.130. The van der Waals surface area contributed by atoms with E-state index in [2.05, 4.69) is 51.5 Å². The topological polar surface area (TPSA) is 122 Å². The average Bonchev–Trinajstić information content (AvgIpc) is 3.45. The number of amides is 1. The Bertz CT molecular complexity index is 1580. The van der Waals surface area contributed by atoms with Gasteiger partial charge in [0.25, 0.3) is 5.95 Å². The third-order valence-corrected chi connectivity index (χ3v) is 5.53. The zero-order valence-electron chi connectivity index (χ0n) is 19.0. The largest absolute Gasteiger partial charge is 0.482 e. The molecule has 3 aromatic heterocycles.